The number of aliphatic hydroxyl groups excluding tert-OH is 1. The minimum absolute atomic E-state index is 0.00575. The first-order valence-corrected chi connectivity index (χ1v) is 11.0. The van der Waals surface area contributed by atoms with Gasteiger partial charge in [-0.05, 0) is 58.2 Å². The Bertz CT molecular complexity index is 844. The van der Waals surface area contributed by atoms with Gasteiger partial charge in [0.15, 0.2) is 0 Å². The number of hydrogen-bond acceptors (Lipinski definition) is 7. The molecule has 1 unspecified atom stereocenters. The van der Waals surface area contributed by atoms with E-state index in [1.165, 1.54) is 17.7 Å². The summed E-state index contributed by atoms with van der Waals surface area (Å²) < 4.78 is 0. The van der Waals surface area contributed by atoms with E-state index in [2.05, 4.69) is 39.6 Å². The van der Waals surface area contributed by atoms with Gasteiger partial charge in [-0.2, -0.15) is 0 Å². The zero-order valence-corrected chi connectivity index (χ0v) is 17.4. The standard InChI is InChI=1S/C20H29N5O2S/c1-25(2)13-5-3-12(4-6-13)24-18-17-16-14(19(27)21-9-10-26)7-8-15(16)28-20(17)23-11-22-18/h11-14,26H,3-10H2,1-2H3,(H,21,27)(H,22,23,24). The third-order valence-corrected chi connectivity index (χ3v) is 7.28. The lowest BCUT2D eigenvalue weighted by atomic mass is 9.90. The van der Waals surface area contributed by atoms with Crippen molar-refractivity contribution in [3.05, 3.63) is 16.8 Å². The lowest BCUT2D eigenvalue weighted by Gasteiger charge is -2.33. The van der Waals surface area contributed by atoms with Crippen LogP contribution in [0.3, 0.4) is 0 Å². The molecule has 2 aromatic heterocycles. The van der Waals surface area contributed by atoms with E-state index in [1.807, 2.05) is 0 Å². The monoisotopic (exact) mass is 403 g/mol. The van der Waals surface area contributed by atoms with Gasteiger partial charge in [0.25, 0.3) is 0 Å². The number of thiophene rings is 1. The van der Waals surface area contributed by atoms with Crippen molar-refractivity contribution in [1.82, 2.24) is 20.2 Å². The highest BCUT2D eigenvalue weighted by atomic mass is 32.1. The summed E-state index contributed by atoms with van der Waals surface area (Å²) in [5, 5.41) is 16.5. The molecule has 2 heterocycles. The van der Waals surface area contributed by atoms with Gasteiger partial charge in [0.05, 0.1) is 17.9 Å². The van der Waals surface area contributed by atoms with Crippen molar-refractivity contribution in [2.24, 2.45) is 0 Å². The highest BCUT2D eigenvalue weighted by molar-refractivity contribution is 7.19. The minimum atomic E-state index is -0.175. The van der Waals surface area contributed by atoms with Crippen molar-refractivity contribution < 1.29 is 9.90 Å². The molecule has 1 amide bonds. The van der Waals surface area contributed by atoms with Crippen molar-refractivity contribution in [1.29, 1.82) is 0 Å². The summed E-state index contributed by atoms with van der Waals surface area (Å²) in [6, 6.07) is 1.07. The van der Waals surface area contributed by atoms with E-state index in [1.54, 1.807) is 17.7 Å². The molecular formula is C20H29N5O2S. The second-order valence-electron chi connectivity index (χ2n) is 8.06. The van der Waals surface area contributed by atoms with E-state index in [9.17, 15) is 4.79 Å². The fourth-order valence-corrected chi connectivity index (χ4v) is 5.79. The normalized spacial score (nSPS) is 24.5. The molecule has 152 valence electrons. The molecule has 0 bridgehead atoms. The van der Waals surface area contributed by atoms with Crippen LogP contribution in [0, 0.1) is 0 Å². The third-order valence-electron chi connectivity index (χ3n) is 6.11. The molecule has 1 saturated carbocycles. The molecule has 4 rings (SSSR count). The van der Waals surface area contributed by atoms with Crippen molar-refractivity contribution in [2.75, 3.05) is 32.6 Å². The second kappa shape index (κ2) is 8.31. The molecule has 7 nitrogen and oxygen atoms in total. The zero-order valence-electron chi connectivity index (χ0n) is 16.6. The van der Waals surface area contributed by atoms with Crippen LogP contribution in [-0.2, 0) is 11.2 Å². The Balaban J connectivity index is 1.58. The van der Waals surface area contributed by atoms with Gasteiger partial charge in [0, 0.05) is 23.5 Å². The SMILES string of the molecule is CN(C)C1CCC(Nc2ncnc3sc4c(c23)C(C(=O)NCCO)CC4)CC1. The van der Waals surface area contributed by atoms with Crippen molar-refractivity contribution in [3.63, 3.8) is 0 Å². The Labute approximate surface area is 169 Å². The predicted octanol–water partition coefficient (Wildman–Crippen LogP) is 2.11. The van der Waals surface area contributed by atoms with Crippen LogP contribution in [0.5, 0.6) is 0 Å². The van der Waals surface area contributed by atoms with E-state index >= 15 is 0 Å². The van der Waals surface area contributed by atoms with Gasteiger partial charge in [-0.25, -0.2) is 9.97 Å². The Hall–Kier alpha value is -1.77. The summed E-state index contributed by atoms with van der Waals surface area (Å²) in [7, 11) is 4.31. The topological polar surface area (TPSA) is 90.4 Å². The van der Waals surface area contributed by atoms with Crippen LogP contribution in [0.4, 0.5) is 5.82 Å². The highest BCUT2D eigenvalue weighted by Crippen LogP contribution is 2.45. The third kappa shape index (κ3) is 3.73. The van der Waals surface area contributed by atoms with Crippen LogP contribution >= 0.6 is 11.3 Å². The maximum atomic E-state index is 12.6. The summed E-state index contributed by atoms with van der Waals surface area (Å²) in [6.45, 7) is 0.255. The molecule has 8 heteroatoms. The summed E-state index contributed by atoms with van der Waals surface area (Å²) in [5.74, 6) is 0.692. The largest absolute Gasteiger partial charge is 0.395 e. The molecule has 2 aliphatic carbocycles. The molecule has 0 spiro atoms. The Kier molecular flexibility index (Phi) is 5.80. The predicted molar refractivity (Wildman–Crippen MR) is 112 cm³/mol. The van der Waals surface area contributed by atoms with Gasteiger partial charge in [-0.1, -0.05) is 0 Å². The van der Waals surface area contributed by atoms with E-state index < -0.39 is 0 Å². The molecule has 1 atom stereocenters. The molecule has 0 aliphatic heterocycles. The first kappa shape index (κ1) is 19.5. The second-order valence-corrected chi connectivity index (χ2v) is 9.14. The number of carbonyl (C=O) groups is 1. The zero-order chi connectivity index (χ0) is 19.7. The van der Waals surface area contributed by atoms with Gasteiger partial charge in [0.1, 0.15) is 17.0 Å². The number of anilines is 1. The smallest absolute Gasteiger partial charge is 0.227 e. The highest BCUT2D eigenvalue weighted by Gasteiger charge is 2.34. The van der Waals surface area contributed by atoms with E-state index in [0.29, 0.717) is 18.6 Å². The van der Waals surface area contributed by atoms with Gasteiger partial charge >= 0.3 is 0 Å². The van der Waals surface area contributed by atoms with Gasteiger partial charge in [0.2, 0.25) is 5.91 Å². The number of nitrogens with one attached hydrogen (secondary N) is 2. The fraction of sp³-hybridized carbons (Fsp3) is 0.650. The first-order chi connectivity index (χ1) is 13.6. The Morgan fingerprint density at radius 2 is 2.04 bits per heavy atom. The molecule has 0 aromatic carbocycles. The van der Waals surface area contributed by atoms with E-state index in [0.717, 1.165) is 47.3 Å². The molecule has 28 heavy (non-hydrogen) atoms. The summed E-state index contributed by atoms with van der Waals surface area (Å²) in [5.41, 5.74) is 1.10. The number of hydrogen-bond donors (Lipinski definition) is 3. The number of fused-ring (bicyclic) bond motifs is 3. The van der Waals surface area contributed by atoms with Crippen LogP contribution < -0.4 is 10.6 Å². The molecule has 0 saturated heterocycles. The van der Waals surface area contributed by atoms with Crippen LogP contribution in [0.1, 0.15) is 48.5 Å². The maximum absolute atomic E-state index is 12.6. The van der Waals surface area contributed by atoms with Gasteiger partial charge in [-0.15, -0.1) is 11.3 Å². The van der Waals surface area contributed by atoms with Gasteiger partial charge < -0.3 is 20.6 Å². The summed E-state index contributed by atoms with van der Waals surface area (Å²) >= 11 is 1.68. The van der Waals surface area contributed by atoms with E-state index in [4.69, 9.17) is 5.11 Å². The van der Waals surface area contributed by atoms with Crippen molar-refractivity contribution in [3.8, 4) is 0 Å². The fourth-order valence-electron chi connectivity index (χ4n) is 4.58. The van der Waals surface area contributed by atoms with E-state index in [-0.39, 0.29) is 18.4 Å². The maximum Gasteiger partial charge on any atom is 0.227 e. The molecule has 1 fully saturated rings. The average molecular weight is 404 g/mol. The lowest BCUT2D eigenvalue weighted by Crippen LogP contribution is -2.36. The number of nitrogens with zero attached hydrogens (tertiary/aromatic N) is 3. The van der Waals surface area contributed by atoms with Crippen LogP contribution in [0.25, 0.3) is 10.2 Å². The molecule has 2 aliphatic rings. The van der Waals surface area contributed by atoms with Crippen molar-refractivity contribution >= 4 is 33.3 Å². The number of aryl methyl sites for hydroxylation is 1. The summed E-state index contributed by atoms with van der Waals surface area (Å²) in [6.07, 6.45) is 7.97. The quantitative estimate of drug-likeness (QED) is 0.684. The lowest BCUT2D eigenvalue weighted by molar-refractivity contribution is -0.122. The van der Waals surface area contributed by atoms with Crippen LogP contribution in [0.15, 0.2) is 6.33 Å². The van der Waals surface area contributed by atoms with Crippen LogP contribution in [0.2, 0.25) is 0 Å². The number of aromatic nitrogens is 2. The minimum Gasteiger partial charge on any atom is -0.395 e. The number of carbonyl (C=O) groups excluding carboxylic acids is 1. The van der Waals surface area contributed by atoms with Crippen molar-refractivity contribution in [2.45, 2.75) is 56.5 Å². The molecular weight excluding hydrogens is 374 g/mol. The van der Waals surface area contributed by atoms with Crippen LogP contribution in [-0.4, -0.2) is 65.2 Å². The summed E-state index contributed by atoms with van der Waals surface area (Å²) in [4.78, 5) is 26.2. The number of rotatable bonds is 6. The van der Waals surface area contributed by atoms with Gasteiger partial charge in [-0.3, -0.25) is 4.79 Å². The molecule has 3 N–H and O–H groups in total. The Morgan fingerprint density at radius 1 is 1.25 bits per heavy atom. The molecule has 2 aromatic rings. The average Bonchev–Trinajstić information content (AvgIpc) is 3.26. The Morgan fingerprint density at radius 3 is 2.75 bits per heavy atom. The molecule has 0 radical (unpaired) electrons. The first-order valence-electron chi connectivity index (χ1n) is 10.2. The number of aliphatic hydroxyl groups is 1. The number of amides is 1.